The van der Waals surface area contributed by atoms with Crippen LogP contribution in [0.1, 0.15) is 39.3 Å². The van der Waals surface area contributed by atoms with Crippen LogP contribution in [0.2, 0.25) is 0 Å². The Hall–Kier alpha value is -2.50. The van der Waals surface area contributed by atoms with Crippen LogP contribution in [0.3, 0.4) is 0 Å². The van der Waals surface area contributed by atoms with Gasteiger partial charge in [0.25, 0.3) is 11.8 Å². The van der Waals surface area contributed by atoms with Crippen molar-refractivity contribution in [3.8, 4) is 0 Å². The number of amides is 2. The Morgan fingerprint density at radius 2 is 1.56 bits per heavy atom. The number of hydrogen-bond donors (Lipinski definition) is 0. The summed E-state index contributed by atoms with van der Waals surface area (Å²) in [5.74, 6) is -0.425. The summed E-state index contributed by atoms with van der Waals surface area (Å²) < 4.78 is 5.96. The Morgan fingerprint density at radius 3 is 2.20 bits per heavy atom. The molecule has 1 fully saturated rings. The van der Waals surface area contributed by atoms with Crippen LogP contribution in [-0.4, -0.2) is 47.5 Å². The molecular weight excluding hydrogens is 316 g/mol. The van der Waals surface area contributed by atoms with Crippen LogP contribution in [0.15, 0.2) is 54.6 Å². The molecule has 0 radical (unpaired) electrons. The van der Waals surface area contributed by atoms with E-state index in [-0.39, 0.29) is 24.0 Å². The van der Waals surface area contributed by atoms with Gasteiger partial charge < -0.3 is 4.74 Å². The first-order valence-corrected chi connectivity index (χ1v) is 8.52. The number of carbonyl (C=O) groups is 2. The summed E-state index contributed by atoms with van der Waals surface area (Å²) in [7, 11) is 0. The molecule has 0 aliphatic carbocycles. The summed E-state index contributed by atoms with van der Waals surface area (Å²) in [6.45, 7) is 3.64. The van der Waals surface area contributed by atoms with Gasteiger partial charge in [-0.15, -0.1) is 0 Å². The van der Waals surface area contributed by atoms with Gasteiger partial charge in [-0.3, -0.25) is 19.4 Å². The quantitative estimate of drug-likeness (QED) is 0.809. The van der Waals surface area contributed by atoms with Gasteiger partial charge in [0.1, 0.15) is 0 Å². The van der Waals surface area contributed by atoms with Crippen molar-refractivity contribution in [3.63, 3.8) is 0 Å². The molecule has 128 valence electrons. The summed E-state index contributed by atoms with van der Waals surface area (Å²) >= 11 is 0. The molecule has 0 N–H and O–H groups in total. The zero-order valence-electron chi connectivity index (χ0n) is 14.1. The Balaban J connectivity index is 1.53. The van der Waals surface area contributed by atoms with Crippen molar-refractivity contribution in [2.45, 2.75) is 19.1 Å². The molecule has 2 heterocycles. The largest absolute Gasteiger partial charge is 0.371 e. The number of hydrogen-bond acceptors (Lipinski definition) is 4. The minimum Gasteiger partial charge on any atom is -0.371 e. The topological polar surface area (TPSA) is 49.9 Å². The third kappa shape index (κ3) is 2.75. The minimum absolute atomic E-state index is 0.0647. The van der Waals surface area contributed by atoms with Crippen LogP contribution in [0.4, 0.5) is 0 Å². The van der Waals surface area contributed by atoms with E-state index in [9.17, 15) is 9.59 Å². The van der Waals surface area contributed by atoms with Crippen molar-refractivity contribution in [2.75, 3.05) is 19.8 Å². The maximum absolute atomic E-state index is 12.6. The van der Waals surface area contributed by atoms with Crippen LogP contribution < -0.4 is 0 Å². The number of imide groups is 1. The molecular formula is C20H20N2O3. The summed E-state index contributed by atoms with van der Waals surface area (Å²) in [4.78, 5) is 28.7. The molecule has 4 rings (SSSR count). The van der Waals surface area contributed by atoms with Crippen LogP contribution in [0, 0.1) is 0 Å². The van der Waals surface area contributed by atoms with Crippen molar-refractivity contribution < 1.29 is 14.3 Å². The van der Waals surface area contributed by atoms with Gasteiger partial charge in [-0.05, 0) is 24.6 Å². The Bertz CT molecular complexity index is 771. The Kier molecular flexibility index (Phi) is 4.11. The molecule has 0 aromatic heterocycles. The molecule has 1 saturated heterocycles. The van der Waals surface area contributed by atoms with E-state index in [4.69, 9.17) is 4.74 Å². The number of rotatable bonds is 3. The number of nitrogens with zero attached hydrogens (tertiary/aromatic N) is 2. The second kappa shape index (κ2) is 6.43. The van der Waals surface area contributed by atoms with Gasteiger partial charge in [-0.1, -0.05) is 42.5 Å². The monoisotopic (exact) mass is 336 g/mol. The predicted molar refractivity (Wildman–Crippen MR) is 93.1 cm³/mol. The van der Waals surface area contributed by atoms with Crippen LogP contribution in [0.25, 0.3) is 0 Å². The molecule has 5 heteroatoms. The maximum atomic E-state index is 12.6. The SMILES string of the molecule is CC1C(c2ccccc2)OCCN1CN1C(=O)c2ccccc2C1=O. The van der Waals surface area contributed by atoms with E-state index in [2.05, 4.69) is 11.8 Å². The molecule has 0 saturated carbocycles. The van der Waals surface area contributed by atoms with Gasteiger partial charge in [0, 0.05) is 12.6 Å². The third-order valence-corrected chi connectivity index (χ3v) is 5.02. The first-order valence-electron chi connectivity index (χ1n) is 8.52. The number of benzene rings is 2. The Labute approximate surface area is 146 Å². The molecule has 5 nitrogen and oxygen atoms in total. The van der Waals surface area contributed by atoms with Crippen LogP contribution in [-0.2, 0) is 4.74 Å². The fourth-order valence-electron chi connectivity index (χ4n) is 3.60. The third-order valence-electron chi connectivity index (χ3n) is 5.02. The number of ether oxygens (including phenoxy) is 1. The van der Waals surface area contributed by atoms with Crippen molar-refractivity contribution >= 4 is 11.8 Å². The first-order chi connectivity index (χ1) is 12.2. The second-order valence-electron chi connectivity index (χ2n) is 6.48. The molecule has 2 aromatic rings. The van der Waals surface area contributed by atoms with Crippen LogP contribution >= 0.6 is 0 Å². The predicted octanol–water partition coefficient (Wildman–Crippen LogP) is 2.70. The fraction of sp³-hybridized carbons (Fsp3) is 0.300. The van der Waals surface area contributed by atoms with Gasteiger partial charge in [0.15, 0.2) is 0 Å². The van der Waals surface area contributed by atoms with Gasteiger partial charge in [0.2, 0.25) is 0 Å². The number of carbonyl (C=O) groups excluding carboxylic acids is 2. The minimum atomic E-state index is -0.212. The lowest BCUT2D eigenvalue weighted by Gasteiger charge is -2.40. The van der Waals surface area contributed by atoms with E-state index in [1.54, 1.807) is 24.3 Å². The van der Waals surface area contributed by atoms with Gasteiger partial charge in [-0.25, -0.2) is 0 Å². The van der Waals surface area contributed by atoms with Crippen molar-refractivity contribution in [3.05, 3.63) is 71.3 Å². The lowest BCUT2D eigenvalue weighted by molar-refractivity contribution is -0.0769. The van der Waals surface area contributed by atoms with Crippen molar-refractivity contribution in [1.82, 2.24) is 9.80 Å². The summed E-state index contributed by atoms with van der Waals surface area (Å²) in [5, 5.41) is 0. The second-order valence-corrected chi connectivity index (χ2v) is 6.48. The van der Waals surface area contributed by atoms with Gasteiger partial charge in [0.05, 0.1) is 30.5 Å². The zero-order chi connectivity index (χ0) is 17.4. The standard InChI is InChI=1S/C20H20N2O3/c1-14-18(15-7-3-2-4-8-15)25-12-11-21(14)13-22-19(23)16-9-5-6-10-17(16)20(22)24/h2-10,14,18H,11-13H2,1H3. The maximum Gasteiger partial charge on any atom is 0.262 e. The summed E-state index contributed by atoms with van der Waals surface area (Å²) in [6.07, 6.45) is -0.0647. The van der Waals surface area contributed by atoms with Gasteiger partial charge in [-0.2, -0.15) is 0 Å². The highest BCUT2D eigenvalue weighted by Gasteiger charge is 2.38. The van der Waals surface area contributed by atoms with E-state index in [0.29, 0.717) is 30.9 Å². The average molecular weight is 336 g/mol. The molecule has 25 heavy (non-hydrogen) atoms. The van der Waals surface area contributed by atoms with Crippen LogP contribution in [0.5, 0.6) is 0 Å². The molecule has 2 aromatic carbocycles. The molecule has 0 spiro atoms. The number of fused-ring (bicyclic) bond motifs is 1. The molecule has 2 unspecified atom stereocenters. The highest BCUT2D eigenvalue weighted by Crippen LogP contribution is 2.30. The zero-order valence-corrected chi connectivity index (χ0v) is 14.1. The fourth-order valence-corrected chi connectivity index (χ4v) is 3.60. The van der Waals surface area contributed by atoms with E-state index in [1.807, 2.05) is 30.3 Å². The highest BCUT2D eigenvalue weighted by atomic mass is 16.5. The molecule has 0 bridgehead atoms. The lowest BCUT2D eigenvalue weighted by Crippen LogP contribution is -2.51. The smallest absolute Gasteiger partial charge is 0.262 e. The van der Waals surface area contributed by atoms with Crippen molar-refractivity contribution in [2.24, 2.45) is 0 Å². The van der Waals surface area contributed by atoms with E-state index < -0.39 is 0 Å². The van der Waals surface area contributed by atoms with E-state index >= 15 is 0 Å². The first kappa shape index (κ1) is 16.0. The lowest BCUT2D eigenvalue weighted by atomic mass is 10.0. The molecule has 2 aliphatic heterocycles. The Morgan fingerprint density at radius 1 is 0.960 bits per heavy atom. The summed E-state index contributed by atoms with van der Waals surface area (Å²) in [6, 6.07) is 17.1. The van der Waals surface area contributed by atoms with Gasteiger partial charge >= 0.3 is 0 Å². The van der Waals surface area contributed by atoms with Crippen molar-refractivity contribution in [1.29, 1.82) is 0 Å². The molecule has 2 aliphatic rings. The average Bonchev–Trinajstić information content (AvgIpc) is 2.89. The molecule has 2 amide bonds. The highest BCUT2D eigenvalue weighted by molar-refractivity contribution is 6.21. The van der Waals surface area contributed by atoms with E-state index in [1.165, 1.54) is 4.90 Å². The normalized spacial score (nSPS) is 23.8. The van der Waals surface area contributed by atoms with E-state index in [0.717, 1.165) is 5.56 Å². The number of morpholine rings is 1. The molecule has 2 atom stereocenters. The summed E-state index contributed by atoms with van der Waals surface area (Å²) in [5.41, 5.74) is 2.10.